The molecule has 0 aliphatic carbocycles. The minimum Gasteiger partial charge on any atom is -0.468 e. The predicted octanol–water partition coefficient (Wildman–Crippen LogP) is 0.398. The van der Waals surface area contributed by atoms with Gasteiger partial charge in [0.15, 0.2) is 0 Å². The van der Waals surface area contributed by atoms with Crippen LogP contribution in [0.1, 0.15) is 26.7 Å². The molecule has 0 radical (unpaired) electrons. The third-order valence-electron chi connectivity index (χ3n) is 3.93. The highest BCUT2D eigenvalue weighted by molar-refractivity contribution is 5.84. The average molecular weight is 286 g/mol. The molecule has 1 rings (SSSR count). The predicted molar refractivity (Wildman–Crippen MR) is 75.0 cm³/mol. The Morgan fingerprint density at radius 1 is 1.35 bits per heavy atom. The normalized spacial score (nSPS) is 22.1. The van der Waals surface area contributed by atoms with E-state index >= 15 is 0 Å². The molecule has 6 heteroatoms. The molecule has 116 valence electrons. The summed E-state index contributed by atoms with van der Waals surface area (Å²) in [5.41, 5.74) is 5.89. The van der Waals surface area contributed by atoms with Gasteiger partial charge in [0.25, 0.3) is 0 Å². The Morgan fingerprint density at radius 2 is 2.00 bits per heavy atom. The summed E-state index contributed by atoms with van der Waals surface area (Å²) in [5.74, 6) is -0.486. The molecule has 0 aromatic heterocycles. The maximum absolute atomic E-state index is 12.5. The monoisotopic (exact) mass is 286 g/mol. The minimum absolute atomic E-state index is 0.0188. The second kappa shape index (κ2) is 8.21. The summed E-state index contributed by atoms with van der Waals surface area (Å²) in [5, 5.41) is 0. The Morgan fingerprint density at radius 3 is 2.45 bits per heavy atom. The van der Waals surface area contributed by atoms with Gasteiger partial charge in [0.2, 0.25) is 5.91 Å². The van der Waals surface area contributed by atoms with Crippen molar-refractivity contribution in [2.45, 2.75) is 32.7 Å². The van der Waals surface area contributed by atoms with Crippen LogP contribution >= 0.6 is 0 Å². The van der Waals surface area contributed by atoms with Crippen LogP contribution in [-0.4, -0.2) is 56.2 Å². The number of amides is 1. The highest BCUT2D eigenvalue weighted by atomic mass is 16.5. The fourth-order valence-electron chi connectivity index (χ4n) is 2.37. The van der Waals surface area contributed by atoms with Crippen LogP contribution in [0.25, 0.3) is 0 Å². The van der Waals surface area contributed by atoms with Gasteiger partial charge in [0.1, 0.15) is 6.54 Å². The zero-order valence-corrected chi connectivity index (χ0v) is 12.6. The van der Waals surface area contributed by atoms with Gasteiger partial charge in [-0.1, -0.05) is 26.7 Å². The number of esters is 1. The molecule has 0 saturated carbocycles. The first-order valence-electron chi connectivity index (χ1n) is 7.22. The van der Waals surface area contributed by atoms with Gasteiger partial charge in [-0.2, -0.15) is 0 Å². The molecular weight excluding hydrogens is 260 g/mol. The second-order valence-corrected chi connectivity index (χ2v) is 5.29. The third kappa shape index (κ3) is 4.45. The first kappa shape index (κ1) is 16.9. The molecule has 0 bridgehead atoms. The molecule has 1 saturated heterocycles. The van der Waals surface area contributed by atoms with E-state index in [1.807, 2.05) is 0 Å². The molecule has 2 N–H and O–H groups in total. The molecule has 1 fully saturated rings. The molecule has 0 aromatic carbocycles. The number of carbonyl (C=O) groups excluding carboxylic acids is 2. The van der Waals surface area contributed by atoms with Crippen LogP contribution in [0, 0.1) is 11.8 Å². The van der Waals surface area contributed by atoms with Crippen LogP contribution in [0.5, 0.6) is 0 Å². The van der Waals surface area contributed by atoms with E-state index in [0.29, 0.717) is 25.7 Å². The summed E-state index contributed by atoms with van der Waals surface area (Å²) in [7, 11) is 1.33. The Hall–Kier alpha value is -1.14. The maximum Gasteiger partial charge on any atom is 0.325 e. The molecule has 0 aromatic rings. The SMILES string of the molecule is CCC(CC)CN(CC(=O)OC)C(=O)C1COCC1N. The van der Waals surface area contributed by atoms with E-state index < -0.39 is 5.97 Å². The van der Waals surface area contributed by atoms with Crippen LogP contribution in [0.2, 0.25) is 0 Å². The summed E-state index contributed by atoms with van der Waals surface area (Å²) in [6.45, 7) is 5.44. The van der Waals surface area contributed by atoms with E-state index in [9.17, 15) is 9.59 Å². The molecule has 2 unspecified atom stereocenters. The molecule has 1 amide bonds. The summed E-state index contributed by atoms with van der Waals surface area (Å²) < 4.78 is 9.91. The van der Waals surface area contributed by atoms with E-state index in [-0.39, 0.29) is 24.4 Å². The first-order valence-corrected chi connectivity index (χ1v) is 7.22. The fraction of sp³-hybridized carbons (Fsp3) is 0.857. The number of nitrogens with zero attached hydrogens (tertiary/aromatic N) is 1. The lowest BCUT2D eigenvalue weighted by Crippen LogP contribution is -2.47. The molecule has 1 aliphatic rings. The van der Waals surface area contributed by atoms with Crippen LogP contribution in [0.15, 0.2) is 0 Å². The maximum atomic E-state index is 12.5. The highest BCUT2D eigenvalue weighted by Crippen LogP contribution is 2.18. The number of carbonyl (C=O) groups is 2. The van der Waals surface area contributed by atoms with Crippen LogP contribution < -0.4 is 5.73 Å². The quantitative estimate of drug-likeness (QED) is 0.685. The fourth-order valence-corrected chi connectivity index (χ4v) is 2.37. The number of methoxy groups -OCH3 is 1. The van der Waals surface area contributed by atoms with Gasteiger partial charge < -0.3 is 20.1 Å². The lowest BCUT2D eigenvalue weighted by molar-refractivity contribution is -0.149. The van der Waals surface area contributed by atoms with Gasteiger partial charge in [-0.25, -0.2) is 0 Å². The summed E-state index contributed by atoms with van der Waals surface area (Å²) in [4.78, 5) is 25.6. The van der Waals surface area contributed by atoms with Gasteiger partial charge in [-0.15, -0.1) is 0 Å². The Bertz CT molecular complexity index is 331. The zero-order valence-electron chi connectivity index (χ0n) is 12.6. The number of hydrogen-bond acceptors (Lipinski definition) is 5. The Kier molecular flexibility index (Phi) is 6.95. The molecule has 1 aliphatic heterocycles. The number of hydrogen-bond donors (Lipinski definition) is 1. The van der Waals surface area contributed by atoms with Crippen LogP contribution in [-0.2, 0) is 19.1 Å². The van der Waals surface area contributed by atoms with Crippen molar-refractivity contribution >= 4 is 11.9 Å². The van der Waals surface area contributed by atoms with Crippen molar-refractivity contribution < 1.29 is 19.1 Å². The highest BCUT2D eigenvalue weighted by Gasteiger charge is 2.35. The molecular formula is C14H26N2O4. The molecule has 1 heterocycles. The van der Waals surface area contributed by atoms with E-state index in [4.69, 9.17) is 10.5 Å². The molecule has 6 nitrogen and oxygen atoms in total. The van der Waals surface area contributed by atoms with Crippen LogP contribution in [0.4, 0.5) is 0 Å². The van der Waals surface area contributed by atoms with E-state index in [0.717, 1.165) is 12.8 Å². The molecule has 20 heavy (non-hydrogen) atoms. The van der Waals surface area contributed by atoms with Crippen molar-refractivity contribution in [3.63, 3.8) is 0 Å². The van der Waals surface area contributed by atoms with Gasteiger partial charge in [0, 0.05) is 12.6 Å². The third-order valence-corrected chi connectivity index (χ3v) is 3.93. The van der Waals surface area contributed by atoms with Crippen LogP contribution in [0.3, 0.4) is 0 Å². The van der Waals surface area contributed by atoms with Gasteiger partial charge in [0.05, 0.1) is 26.2 Å². The number of rotatable bonds is 7. The zero-order chi connectivity index (χ0) is 15.1. The minimum atomic E-state index is -0.406. The topological polar surface area (TPSA) is 81.9 Å². The van der Waals surface area contributed by atoms with E-state index in [2.05, 4.69) is 18.6 Å². The van der Waals surface area contributed by atoms with E-state index in [1.165, 1.54) is 7.11 Å². The van der Waals surface area contributed by atoms with Crippen molar-refractivity contribution in [1.29, 1.82) is 0 Å². The summed E-state index contributed by atoms with van der Waals surface area (Å²) in [6.07, 6.45) is 1.93. The number of nitrogens with two attached hydrogens (primary N) is 1. The summed E-state index contributed by atoms with van der Waals surface area (Å²) >= 11 is 0. The Labute approximate surface area is 120 Å². The lowest BCUT2D eigenvalue weighted by Gasteiger charge is -2.28. The standard InChI is InChI=1S/C14H26N2O4/c1-4-10(5-2)6-16(7-13(17)19-3)14(18)11-8-20-9-12(11)15/h10-12H,4-9,15H2,1-3H3. The summed E-state index contributed by atoms with van der Waals surface area (Å²) in [6, 6.07) is -0.288. The van der Waals surface area contributed by atoms with Gasteiger partial charge in [-0.3, -0.25) is 9.59 Å². The van der Waals surface area contributed by atoms with Crippen molar-refractivity contribution in [3.05, 3.63) is 0 Å². The largest absolute Gasteiger partial charge is 0.468 e. The average Bonchev–Trinajstić information content (AvgIpc) is 2.88. The van der Waals surface area contributed by atoms with Crippen molar-refractivity contribution in [1.82, 2.24) is 4.90 Å². The van der Waals surface area contributed by atoms with Crippen molar-refractivity contribution in [3.8, 4) is 0 Å². The van der Waals surface area contributed by atoms with Crippen molar-refractivity contribution in [2.24, 2.45) is 17.6 Å². The number of ether oxygens (including phenoxy) is 2. The second-order valence-electron chi connectivity index (χ2n) is 5.29. The smallest absolute Gasteiger partial charge is 0.325 e. The van der Waals surface area contributed by atoms with Gasteiger partial charge in [-0.05, 0) is 5.92 Å². The van der Waals surface area contributed by atoms with E-state index in [1.54, 1.807) is 4.90 Å². The van der Waals surface area contributed by atoms with Crippen molar-refractivity contribution in [2.75, 3.05) is 33.4 Å². The van der Waals surface area contributed by atoms with Gasteiger partial charge >= 0.3 is 5.97 Å². The molecule has 0 spiro atoms. The molecule has 2 atom stereocenters. The first-order chi connectivity index (χ1) is 9.53. The lowest BCUT2D eigenvalue weighted by atomic mass is 9.99. The Balaban J connectivity index is 2.74.